The topological polar surface area (TPSA) is 30.5 Å². The standard InChI is InChI=1S/C11H26N4/c1-12-9-11-10-15(8-5-13-11)7-4-6-14(2)3/h11-13H,4-10H2,1-3H3. The predicted octanol–water partition coefficient (Wildman–Crippen LogP) is -0.569. The van der Waals surface area contributed by atoms with Gasteiger partial charge in [0.05, 0.1) is 0 Å². The number of piperazine rings is 1. The van der Waals surface area contributed by atoms with Crippen LogP contribution in [0.3, 0.4) is 0 Å². The molecule has 1 fully saturated rings. The molecular weight excluding hydrogens is 188 g/mol. The van der Waals surface area contributed by atoms with E-state index in [4.69, 9.17) is 0 Å². The van der Waals surface area contributed by atoms with E-state index in [1.54, 1.807) is 0 Å². The molecule has 0 aromatic heterocycles. The van der Waals surface area contributed by atoms with Gasteiger partial charge in [0.2, 0.25) is 0 Å². The van der Waals surface area contributed by atoms with Gasteiger partial charge in [-0.15, -0.1) is 0 Å². The van der Waals surface area contributed by atoms with E-state index < -0.39 is 0 Å². The minimum absolute atomic E-state index is 0.628. The third kappa shape index (κ3) is 5.47. The number of nitrogens with one attached hydrogen (secondary N) is 2. The van der Waals surface area contributed by atoms with Gasteiger partial charge < -0.3 is 20.4 Å². The average Bonchev–Trinajstić information content (AvgIpc) is 2.18. The maximum Gasteiger partial charge on any atom is 0.0320 e. The highest BCUT2D eigenvalue weighted by Crippen LogP contribution is 2.00. The van der Waals surface area contributed by atoms with Gasteiger partial charge in [0.15, 0.2) is 0 Å². The fourth-order valence-corrected chi connectivity index (χ4v) is 2.09. The molecule has 2 N–H and O–H groups in total. The summed E-state index contributed by atoms with van der Waals surface area (Å²) in [6.45, 7) is 7.03. The van der Waals surface area contributed by atoms with Gasteiger partial charge in [0.1, 0.15) is 0 Å². The fourth-order valence-electron chi connectivity index (χ4n) is 2.09. The Bertz CT molecular complexity index is 159. The number of rotatable bonds is 6. The molecule has 1 heterocycles. The molecule has 0 radical (unpaired) electrons. The maximum absolute atomic E-state index is 3.53. The van der Waals surface area contributed by atoms with Crippen molar-refractivity contribution in [2.45, 2.75) is 12.5 Å². The monoisotopic (exact) mass is 214 g/mol. The highest BCUT2D eigenvalue weighted by Gasteiger charge is 2.17. The van der Waals surface area contributed by atoms with Crippen molar-refractivity contribution in [3.05, 3.63) is 0 Å². The molecule has 1 atom stereocenters. The van der Waals surface area contributed by atoms with Crippen molar-refractivity contribution < 1.29 is 0 Å². The molecule has 0 aliphatic carbocycles. The highest BCUT2D eigenvalue weighted by atomic mass is 15.2. The Kier molecular flexibility index (Phi) is 6.17. The van der Waals surface area contributed by atoms with Crippen LogP contribution < -0.4 is 10.6 Å². The zero-order chi connectivity index (χ0) is 11.1. The van der Waals surface area contributed by atoms with Crippen LogP contribution in [0.4, 0.5) is 0 Å². The first-order valence-corrected chi connectivity index (χ1v) is 5.97. The lowest BCUT2D eigenvalue weighted by Gasteiger charge is -2.33. The van der Waals surface area contributed by atoms with Gasteiger partial charge in [-0.3, -0.25) is 0 Å². The van der Waals surface area contributed by atoms with E-state index in [9.17, 15) is 0 Å². The SMILES string of the molecule is CNCC1CN(CCCN(C)C)CCN1. The van der Waals surface area contributed by atoms with E-state index in [-0.39, 0.29) is 0 Å². The summed E-state index contributed by atoms with van der Waals surface area (Å²) < 4.78 is 0. The van der Waals surface area contributed by atoms with Crippen molar-refractivity contribution in [3.63, 3.8) is 0 Å². The van der Waals surface area contributed by atoms with Crippen LogP contribution in [0.15, 0.2) is 0 Å². The van der Waals surface area contributed by atoms with Crippen molar-refractivity contribution in [1.29, 1.82) is 0 Å². The Labute approximate surface area is 94.0 Å². The average molecular weight is 214 g/mol. The summed E-state index contributed by atoms with van der Waals surface area (Å²) >= 11 is 0. The van der Waals surface area contributed by atoms with Crippen molar-refractivity contribution in [3.8, 4) is 0 Å². The molecule has 4 nitrogen and oxygen atoms in total. The van der Waals surface area contributed by atoms with Crippen molar-refractivity contribution in [1.82, 2.24) is 20.4 Å². The second-order valence-electron chi connectivity index (χ2n) is 4.67. The summed E-state index contributed by atoms with van der Waals surface area (Å²) in [7, 11) is 6.30. The maximum atomic E-state index is 3.53. The Balaban J connectivity index is 2.12. The van der Waals surface area contributed by atoms with Gasteiger partial charge in [-0.05, 0) is 40.7 Å². The van der Waals surface area contributed by atoms with Crippen LogP contribution in [-0.4, -0.2) is 76.3 Å². The first-order valence-electron chi connectivity index (χ1n) is 5.97. The quantitative estimate of drug-likeness (QED) is 0.620. The fraction of sp³-hybridized carbons (Fsp3) is 1.00. The van der Waals surface area contributed by atoms with E-state index in [1.807, 2.05) is 7.05 Å². The normalized spacial score (nSPS) is 23.6. The lowest BCUT2D eigenvalue weighted by molar-refractivity contribution is 0.190. The summed E-state index contributed by atoms with van der Waals surface area (Å²) in [4.78, 5) is 4.83. The van der Waals surface area contributed by atoms with Crippen molar-refractivity contribution in [2.75, 3.05) is 60.4 Å². The minimum atomic E-state index is 0.628. The van der Waals surface area contributed by atoms with Crippen LogP contribution in [0.25, 0.3) is 0 Å². The van der Waals surface area contributed by atoms with Gasteiger partial charge in [0, 0.05) is 32.2 Å². The molecule has 0 saturated carbocycles. The van der Waals surface area contributed by atoms with Crippen LogP contribution in [0.1, 0.15) is 6.42 Å². The van der Waals surface area contributed by atoms with Crippen molar-refractivity contribution in [2.24, 2.45) is 0 Å². The van der Waals surface area contributed by atoms with Gasteiger partial charge in [-0.2, -0.15) is 0 Å². The number of nitrogens with zero attached hydrogens (tertiary/aromatic N) is 2. The Morgan fingerprint density at radius 1 is 1.47 bits per heavy atom. The minimum Gasteiger partial charge on any atom is -0.318 e. The third-order valence-corrected chi connectivity index (χ3v) is 2.87. The van der Waals surface area contributed by atoms with Gasteiger partial charge in [0.25, 0.3) is 0 Å². The van der Waals surface area contributed by atoms with Crippen LogP contribution in [-0.2, 0) is 0 Å². The van der Waals surface area contributed by atoms with Gasteiger partial charge in [-0.25, -0.2) is 0 Å². The third-order valence-electron chi connectivity index (χ3n) is 2.87. The largest absolute Gasteiger partial charge is 0.318 e. The second-order valence-corrected chi connectivity index (χ2v) is 4.67. The van der Waals surface area contributed by atoms with Crippen LogP contribution in [0.2, 0.25) is 0 Å². The van der Waals surface area contributed by atoms with E-state index >= 15 is 0 Å². The molecule has 1 unspecified atom stereocenters. The summed E-state index contributed by atoms with van der Waals surface area (Å²) in [5.41, 5.74) is 0. The molecule has 4 heteroatoms. The molecule has 0 amide bonds. The molecule has 1 rings (SSSR count). The zero-order valence-electron chi connectivity index (χ0n) is 10.4. The Hall–Kier alpha value is -0.160. The Morgan fingerprint density at radius 2 is 2.27 bits per heavy atom. The number of likely N-dealkylation sites (N-methyl/N-ethyl adjacent to an activating group) is 1. The summed E-state index contributed by atoms with van der Waals surface area (Å²) in [6, 6.07) is 0.628. The summed E-state index contributed by atoms with van der Waals surface area (Å²) in [5, 5.41) is 6.77. The van der Waals surface area contributed by atoms with Crippen molar-refractivity contribution >= 4 is 0 Å². The molecule has 0 bridgehead atoms. The molecule has 1 saturated heterocycles. The second kappa shape index (κ2) is 7.17. The van der Waals surface area contributed by atoms with E-state index in [2.05, 4.69) is 34.5 Å². The number of hydrogen-bond donors (Lipinski definition) is 2. The lowest BCUT2D eigenvalue weighted by atomic mass is 10.2. The zero-order valence-corrected chi connectivity index (χ0v) is 10.4. The number of hydrogen-bond acceptors (Lipinski definition) is 4. The molecule has 1 aliphatic rings. The van der Waals surface area contributed by atoms with E-state index in [1.165, 1.54) is 32.6 Å². The molecule has 90 valence electrons. The summed E-state index contributed by atoms with van der Waals surface area (Å²) in [5.74, 6) is 0. The lowest BCUT2D eigenvalue weighted by Crippen LogP contribution is -2.54. The highest BCUT2D eigenvalue weighted by molar-refractivity contribution is 4.79. The predicted molar refractivity (Wildman–Crippen MR) is 65.3 cm³/mol. The van der Waals surface area contributed by atoms with E-state index in [0.717, 1.165) is 13.1 Å². The smallest absolute Gasteiger partial charge is 0.0320 e. The van der Waals surface area contributed by atoms with Crippen LogP contribution >= 0.6 is 0 Å². The molecule has 15 heavy (non-hydrogen) atoms. The van der Waals surface area contributed by atoms with Gasteiger partial charge in [-0.1, -0.05) is 0 Å². The van der Waals surface area contributed by atoms with Crippen LogP contribution in [0, 0.1) is 0 Å². The molecule has 0 aromatic carbocycles. The molecule has 0 spiro atoms. The first-order chi connectivity index (χ1) is 7.22. The van der Waals surface area contributed by atoms with Gasteiger partial charge >= 0.3 is 0 Å². The van der Waals surface area contributed by atoms with Crippen LogP contribution in [0.5, 0.6) is 0 Å². The molecular formula is C11H26N4. The molecule has 1 aliphatic heterocycles. The Morgan fingerprint density at radius 3 is 2.93 bits per heavy atom. The summed E-state index contributed by atoms with van der Waals surface area (Å²) in [6.07, 6.45) is 1.28. The van der Waals surface area contributed by atoms with E-state index in [0.29, 0.717) is 6.04 Å². The first kappa shape index (κ1) is 12.9. The molecule has 0 aromatic rings.